The summed E-state index contributed by atoms with van der Waals surface area (Å²) in [6.45, 7) is 10.0. The zero-order valence-electron chi connectivity index (χ0n) is 40.1. The Balaban J connectivity index is 0.951. The third-order valence-corrected chi connectivity index (χ3v) is 19.0. The van der Waals surface area contributed by atoms with Crippen molar-refractivity contribution in [2.24, 2.45) is 0 Å². The second kappa shape index (κ2) is 13.6. The van der Waals surface area contributed by atoms with Crippen LogP contribution in [0.1, 0.15) is 136 Å². The fraction of sp³-hybridized carbons (Fsp3) is 0.265. The predicted molar refractivity (Wildman–Crippen MR) is 286 cm³/mol. The maximum absolute atomic E-state index is 2.80. The summed E-state index contributed by atoms with van der Waals surface area (Å²) in [6, 6.07) is 62.3. The minimum Gasteiger partial charge on any atom is -0.0622 e. The molecule has 0 radical (unpaired) electrons. The van der Waals surface area contributed by atoms with Crippen LogP contribution in [-0.2, 0) is 21.7 Å². The number of hydrogen-bond donors (Lipinski definition) is 0. The number of hydrogen-bond acceptors (Lipinski definition) is 0. The van der Waals surface area contributed by atoms with Crippen LogP contribution in [0.4, 0.5) is 0 Å². The van der Waals surface area contributed by atoms with Gasteiger partial charge in [-0.15, -0.1) is 0 Å². The van der Waals surface area contributed by atoms with Crippen molar-refractivity contribution in [1.29, 1.82) is 0 Å². The molecule has 0 unspecified atom stereocenters. The third-order valence-electron chi connectivity index (χ3n) is 19.0. The first-order chi connectivity index (χ1) is 33.2. The Labute approximate surface area is 402 Å². The zero-order valence-corrected chi connectivity index (χ0v) is 40.1. The summed E-state index contributed by atoms with van der Waals surface area (Å²) in [5, 5.41) is 5.49. The van der Waals surface area contributed by atoms with Crippen LogP contribution in [-0.4, -0.2) is 0 Å². The number of fused-ring (bicyclic) bond motifs is 20. The molecule has 0 nitrogen and oxygen atoms in total. The fourth-order valence-electron chi connectivity index (χ4n) is 15.7. The van der Waals surface area contributed by atoms with E-state index < -0.39 is 0 Å². The smallest absolute Gasteiger partial charge is 0.0215 e. The topological polar surface area (TPSA) is 0 Å². The van der Waals surface area contributed by atoms with Crippen LogP contribution in [0, 0.1) is 0 Å². The van der Waals surface area contributed by atoms with E-state index in [0.717, 1.165) is 0 Å². The fourth-order valence-corrected chi connectivity index (χ4v) is 15.7. The van der Waals surface area contributed by atoms with E-state index >= 15 is 0 Å². The van der Waals surface area contributed by atoms with Crippen LogP contribution in [0.15, 0.2) is 158 Å². The summed E-state index contributed by atoms with van der Waals surface area (Å²) in [4.78, 5) is 0. The quantitative estimate of drug-likeness (QED) is 0.162. The van der Waals surface area contributed by atoms with E-state index in [9.17, 15) is 0 Å². The van der Waals surface area contributed by atoms with E-state index in [1.807, 2.05) is 0 Å². The van der Waals surface area contributed by atoms with Gasteiger partial charge in [0.05, 0.1) is 0 Å². The van der Waals surface area contributed by atoms with Crippen molar-refractivity contribution in [3.05, 3.63) is 202 Å². The molecule has 0 heteroatoms. The Hall–Kier alpha value is -6.50. The van der Waals surface area contributed by atoms with Gasteiger partial charge in [-0.25, -0.2) is 0 Å². The SMILES string of the molecule is CC1(C)c2cc3c(cc2-c2c1cc(-c1ccccc1)c1ccccc21)C1(CCCCC1)c1cc2c(cc1-3)C1(CCCCC1)c1cc3c(cc1-2)C(C)(C)c1cc(-c2ccccc2)c2ccccc2c1-3. The van der Waals surface area contributed by atoms with Crippen molar-refractivity contribution >= 4 is 21.5 Å². The first-order valence-corrected chi connectivity index (χ1v) is 26.0. The summed E-state index contributed by atoms with van der Waals surface area (Å²) in [7, 11) is 0. The van der Waals surface area contributed by atoms with Crippen LogP contribution in [0.5, 0.6) is 0 Å². The molecule has 0 bridgehead atoms. The van der Waals surface area contributed by atoms with Gasteiger partial charge in [0.15, 0.2) is 0 Å². The minimum atomic E-state index is -0.136. The second-order valence-electron chi connectivity index (χ2n) is 22.9. The molecule has 0 N–H and O–H groups in total. The molecule has 2 spiro atoms. The molecule has 2 fully saturated rings. The van der Waals surface area contributed by atoms with E-state index in [4.69, 9.17) is 0 Å². The molecule has 68 heavy (non-hydrogen) atoms. The first-order valence-electron chi connectivity index (χ1n) is 26.0. The Kier molecular flexibility index (Phi) is 7.90. The van der Waals surface area contributed by atoms with Gasteiger partial charge < -0.3 is 0 Å². The second-order valence-corrected chi connectivity index (χ2v) is 22.9. The van der Waals surface area contributed by atoms with Gasteiger partial charge in [0.2, 0.25) is 0 Å². The molecule has 2 saturated carbocycles. The molecule has 0 saturated heterocycles. The number of rotatable bonds is 2. The average molecular weight is 875 g/mol. The molecule has 6 aliphatic rings. The molecule has 9 aromatic carbocycles. The lowest BCUT2D eigenvalue weighted by Gasteiger charge is -2.37. The van der Waals surface area contributed by atoms with E-state index in [-0.39, 0.29) is 21.7 Å². The highest BCUT2D eigenvalue weighted by Gasteiger charge is 2.52. The van der Waals surface area contributed by atoms with E-state index in [2.05, 4.69) is 185 Å². The van der Waals surface area contributed by atoms with Crippen LogP contribution >= 0.6 is 0 Å². The molecule has 9 aromatic rings. The standard InChI is InChI=1S/C68H58/c1-65(2)55-35-49-51-37-58-52(38-57(51)67(29-17-7-18-30-67)59(49)39-53(55)63-45-27-15-13-25-43(45)47(33-61(63)65)41-21-9-5-10-22-41)50-36-56-54(40-60(50)68(58)31-19-8-20-32-68)64-46-28-16-14-26-44(46)48(34-62(64)66(56,3)4)42-23-11-6-12-24-42/h5-6,9-16,21-28,33-40H,7-8,17-20,29-32H2,1-4H3. The van der Waals surface area contributed by atoms with Crippen molar-refractivity contribution < 1.29 is 0 Å². The van der Waals surface area contributed by atoms with Gasteiger partial charge >= 0.3 is 0 Å². The molecule has 15 rings (SSSR count). The van der Waals surface area contributed by atoms with Crippen LogP contribution < -0.4 is 0 Å². The lowest BCUT2D eigenvalue weighted by molar-refractivity contribution is 0.350. The average Bonchev–Trinajstić information content (AvgIpc) is 3.96. The van der Waals surface area contributed by atoms with Gasteiger partial charge in [0.25, 0.3) is 0 Å². The number of benzene rings is 9. The van der Waals surface area contributed by atoms with E-state index in [0.29, 0.717) is 0 Å². The van der Waals surface area contributed by atoms with E-state index in [1.165, 1.54) is 164 Å². The monoisotopic (exact) mass is 874 g/mol. The van der Waals surface area contributed by atoms with Crippen LogP contribution in [0.25, 0.3) is 88.3 Å². The minimum absolute atomic E-state index is 0.0289. The van der Waals surface area contributed by atoms with Crippen LogP contribution in [0.3, 0.4) is 0 Å². The van der Waals surface area contributed by atoms with Crippen LogP contribution in [0.2, 0.25) is 0 Å². The molecule has 0 atom stereocenters. The summed E-state index contributed by atoms with van der Waals surface area (Å²) < 4.78 is 0. The summed E-state index contributed by atoms with van der Waals surface area (Å²) in [5.74, 6) is 0. The third kappa shape index (κ3) is 4.92. The Bertz CT molecular complexity index is 3410. The van der Waals surface area contributed by atoms with Crippen molar-refractivity contribution in [2.45, 2.75) is 114 Å². The Morgan fingerprint density at radius 1 is 0.265 bits per heavy atom. The van der Waals surface area contributed by atoms with Crippen molar-refractivity contribution in [1.82, 2.24) is 0 Å². The lowest BCUT2D eigenvalue weighted by atomic mass is 9.66. The molecule has 0 heterocycles. The first kappa shape index (κ1) is 39.5. The molecule has 0 amide bonds. The predicted octanol–water partition coefficient (Wildman–Crippen LogP) is 18.4. The summed E-state index contributed by atoms with van der Waals surface area (Å²) >= 11 is 0. The molecule has 330 valence electrons. The van der Waals surface area contributed by atoms with Gasteiger partial charge in [-0.05, 0) is 207 Å². The Morgan fingerprint density at radius 2 is 0.559 bits per heavy atom. The molecular weight excluding hydrogens is 817 g/mol. The maximum atomic E-state index is 2.80. The van der Waals surface area contributed by atoms with E-state index in [1.54, 1.807) is 33.4 Å². The van der Waals surface area contributed by atoms with Crippen molar-refractivity contribution in [3.63, 3.8) is 0 Å². The van der Waals surface area contributed by atoms with Gasteiger partial charge in [0.1, 0.15) is 0 Å². The lowest BCUT2D eigenvalue weighted by Crippen LogP contribution is -2.29. The summed E-state index contributed by atoms with van der Waals surface area (Å²) in [5.41, 5.74) is 29.5. The van der Waals surface area contributed by atoms with Gasteiger partial charge in [-0.1, -0.05) is 175 Å². The van der Waals surface area contributed by atoms with Crippen molar-refractivity contribution in [3.8, 4) is 66.8 Å². The van der Waals surface area contributed by atoms with Gasteiger partial charge in [-0.2, -0.15) is 0 Å². The Morgan fingerprint density at radius 3 is 0.926 bits per heavy atom. The van der Waals surface area contributed by atoms with Gasteiger partial charge in [-0.3, -0.25) is 0 Å². The largest absolute Gasteiger partial charge is 0.0622 e. The summed E-state index contributed by atoms with van der Waals surface area (Å²) in [6.07, 6.45) is 12.8. The van der Waals surface area contributed by atoms with Gasteiger partial charge in [0, 0.05) is 21.7 Å². The highest BCUT2D eigenvalue weighted by atomic mass is 14.5. The molecule has 6 aliphatic carbocycles. The zero-order chi connectivity index (χ0) is 45.3. The highest BCUT2D eigenvalue weighted by Crippen LogP contribution is 2.66. The maximum Gasteiger partial charge on any atom is 0.0215 e. The molecular formula is C68H58. The molecule has 0 aliphatic heterocycles. The highest BCUT2D eigenvalue weighted by molar-refractivity contribution is 6.11. The normalized spacial score (nSPS) is 18.8. The molecule has 0 aromatic heterocycles. The van der Waals surface area contributed by atoms with Crippen molar-refractivity contribution in [2.75, 3.05) is 0 Å².